The zero-order valence-electron chi connectivity index (χ0n) is 13.7. The van der Waals surface area contributed by atoms with Gasteiger partial charge >= 0.3 is 0 Å². The molecular weight excluding hydrogens is 338 g/mol. The molecule has 1 aliphatic rings. The lowest BCUT2D eigenvalue weighted by atomic mass is 9.96. The van der Waals surface area contributed by atoms with Crippen molar-refractivity contribution in [2.24, 2.45) is 10.8 Å². The maximum absolute atomic E-state index is 9.69. The van der Waals surface area contributed by atoms with Crippen molar-refractivity contribution in [2.45, 2.75) is 39.5 Å². The fourth-order valence-electron chi connectivity index (χ4n) is 3.22. The number of hydrazone groups is 1. The van der Waals surface area contributed by atoms with E-state index in [1.807, 2.05) is 13.8 Å². The van der Waals surface area contributed by atoms with Gasteiger partial charge in [0.25, 0.3) is 0 Å². The van der Waals surface area contributed by atoms with Crippen LogP contribution >= 0.6 is 23.6 Å². The van der Waals surface area contributed by atoms with Crippen LogP contribution in [-0.4, -0.2) is 15.9 Å². The van der Waals surface area contributed by atoms with Crippen LogP contribution in [0.5, 0.6) is 0 Å². The molecule has 0 saturated heterocycles. The first kappa shape index (κ1) is 16.7. The van der Waals surface area contributed by atoms with Crippen LogP contribution in [0.25, 0.3) is 5.00 Å². The van der Waals surface area contributed by atoms with Crippen LogP contribution < -0.4 is 11.2 Å². The molecule has 2 heterocycles. The molecule has 2 aromatic heterocycles. The highest BCUT2D eigenvalue weighted by Crippen LogP contribution is 2.38. The Balaban J connectivity index is 2.06. The molecule has 2 aromatic rings. The summed E-state index contributed by atoms with van der Waals surface area (Å²) in [6, 6.07) is 4.49. The van der Waals surface area contributed by atoms with Crippen molar-refractivity contribution in [2.75, 3.05) is 0 Å². The second-order valence-electron chi connectivity index (χ2n) is 5.90. The SMILES string of the molecule is Cc1cc(/C=N\NC(N)=S)c(C)n1-c1sc2c(c1C#N)CCCC2. The molecule has 5 nitrogen and oxygen atoms in total. The van der Waals surface area contributed by atoms with E-state index in [0.29, 0.717) is 0 Å². The number of nitrogens with two attached hydrogens (primary N) is 1. The van der Waals surface area contributed by atoms with Crippen LogP contribution in [0.1, 0.15) is 45.8 Å². The Kier molecular flexibility index (Phi) is 4.69. The third-order valence-corrected chi connectivity index (χ3v) is 5.68. The minimum Gasteiger partial charge on any atom is -0.375 e. The van der Waals surface area contributed by atoms with Gasteiger partial charge < -0.3 is 10.3 Å². The van der Waals surface area contributed by atoms with Crippen LogP contribution in [0, 0.1) is 25.2 Å². The lowest BCUT2D eigenvalue weighted by Crippen LogP contribution is -2.24. The molecule has 0 aromatic carbocycles. The summed E-state index contributed by atoms with van der Waals surface area (Å²) in [6.07, 6.45) is 6.19. The van der Waals surface area contributed by atoms with Gasteiger partial charge in [0.05, 0.1) is 11.8 Å². The predicted octanol–water partition coefficient (Wildman–Crippen LogP) is 3.07. The first-order chi connectivity index (χ1) is 11.5. The monoisotopic (exact) mass is 357 g/mol. The van der Waals surface area contributed by atoms with E-state index in [9.17, 15) is 5.26 Å². The van der Waals surface area contributed by atoms with Crippen LogP contribution in [0.15, 0.2) is 11.2 Å². The highest BCUT2D eigenvalue weighted by Gasteiger charge is 2.23. The predicted molar refractivity (Wildman–Crippen MR) is 102 cm³/mol. The maximum Gasteiger partial charge on any atom is 0.184 e. The van der Waals surface area contributed by atoms with Crippen molar-refractivity contribution < 1.29 is 0 Å². The number of nitrogens with one attached hydrogen (secondary N) is 1. The Labute approximate surface area is 150 Å². The lowest BCUT2D eigenvalue weighted by molar-refractivity contribution is 0.695. The van der Waals surface area contributed by atoms with Gasteiger partial charge in [0, 0.05) is 21.8 Å². The van der Waals surface area contributed by atoms with Gasteiger partial charge in [-0.05, 0) is 63.4 Å². The molecule has 0 bridgehead atoms. The summed E-state index contributed by atoms with van der Waals surface area (Å²) in [5.74, 6) is 0. The van der Waals surface area contributed by atoms with Gasteiger partial charge in [-0.2, -0.15) is 10.4 Å². The number of nitriles is 1. The molecule has 3 rings (SSSR count). The Morgan fingerprint density at radius 2 is 2.21 bits per heavy atom. The summed E-state index contributed by atoms with van der Waals surface area (Å²) >= 11 is 6.50. The highest BCUT2D eigenvalue weighted by atomic mass is 32.1. The topological polar surface area (TPSA) is 79.1 Å². The molecule has 124 valence electrons. The number of fused-ring (bicyclic) bond motifs is 1. The van der Waals surface area contributed by atoms with E-state index in [0.717, 1.165) is 40.4 Å². The van der Waals surface area contributed by atoms with Crippen molar-refractivity contribution in [1.29, 1.82) is 5.26 Å². The van der Waals surface area contributed by atoms with Gasteiger partial charge in [-0.15, -0.1) is 11.3 Å². The molecule has 0 atom stereocenters. The minimum absolute atomic E-state index is 0.137. The van der Waals surface area contributed by atoms with Gasteiger partial charge in [-0.1, -0.05) is 0 Å². The third-order valence-electron chi connectivity index (χ3n) is 4.32. The number of aromatic nitrogens is 1. The summed E-state index contributed by atoms with van der Waals surface area (Å²) in [7, 11) is 0. The Morgan fingerprint density at radius 1 is 1.46 bits per heavy atom. The molecule has 0 unspecified atom stereocenters. The van der Waals surface area contributed by atoms with Crippen molar-refractivity contribution in [3.8, 4) is 11.1 Å². The molecule has 0 spiro atoms. The van der Waals surface area contributed by atoms with Gasteiger partial charge in [0.2, 0.25) is 0 Å². The average Bonchev–Trinajstić information content (AvgIpc) is 3.04. The van der Waals surface area contributed by atoms with E-state index >= 15 is 0 Å². The second kappa shape index (κ2) is 6.75. The fourth-order valence-corrected chi connectivity index (χ4v) is 4.72. The molecular formula is C17H19N5S2. The zero-order chi connectivity index (χ0) is 17.3. The molecule has 0 aliphatic heterocycles. The van der Waals surface area contributed by atoms with Crippen LogP contribution in [0.4, 0.5) is 0 Å². The summed E-state index contributed by atoms with van der Waals surface area (Å²) in [6.45, 7) is 4.08. The largest absolute Gasteiger partial charge is 0.375 e. The average molecular weight is 358 g/mol. The maximum atomic E-state index is 9.69. The molecule has 1 aliphatic carbocycles. The quantitative estimate of drug-likeness (QED) is 0.503. The summed E-state index contributed by atoms with van der Waals surface area (Å²) in [4.78, 5) is 1.37. The molecule has 24 heavy (non-hydrogen) atoms. The molecule has 3 N–H and O–H groups in total. The lowest BCUT2D eigenvalue weighted by Gasteiger charge is -2.10. The van der Waals surface area contributed by atoms with Gasteiger partial charge in [0.15, 0.2) is 5.11 Å². The summed E-state index contributed by atoms with van der Waals surface area (Å²) in [5.41, 5.74) is 13.2. The van der Waals surface area contributed by atoms with Crippen molar-refractivity contribution >= 4 is 34.9 Å². The molecule has 0 amide bonds. The minimum atomic E-state index is 0.137. The normalized spacial score (nSPS) is 13.7. The van der Waals surface area contributed by atoms with Crippen LogP contribution in [0.3, 0.4) is 0 Å². The molecule has 0 saturated carbocycles. The smallest absolute Gasteiger partial charge is 0.184 e. The standard InChI is InChI=1S/C17H19N5S2/c1-10-7-12(9-20-21-17(19)23)11(2)22(10)16-14(8-18)13-5-3-4-6-15(13)24-16/h7,9H,3-6H2,1-2H3,(H3,19,21,23)/b20-9-. The number of thiophene rings is 1. The summed E-state index contributed by atoms with van der Waals surface area (Å²) < 4.78 is 2.16. The second-order valence-corrected chi connectivity index (χ2v) is 7.42. The fraction of sp³-hybridized carbons (Fsp3) is 0.353. The van der Waals surface area contributed by atoms with E-state index in [1.165, 1.54) is 23.3 Å². The summed E-state index contributed by atoms with van der Waals surface area (Å²) in [5, 5.41) is 14.9. The molecule has 0 fully saturated rings. The number of rotatable bonds is 3. The van der Waals surface area contributed by atoms with E-state index in [-0.39, 0.29) is 5.11 Å². The number of aryl methyl sites for hydroxylation is 2. The van der Waals surface area contributed by atoms with E-state index in [2.05, 4.69) is 27.2 Å². The van der Waals surface area contributed by atoms with Crippen molar-refractivity contribution in [3.05, 3.63) is 39.0 Å². The first-order valence-corrected chi connectivity index (χ1v) is 9.08. The third kappa shape index (κ3) is 2.95. The Morgan fingerprint density at radius 3 is 2.92 bits per heavy atom. The number of hydrogen-bond donors (Lipinski definition) is 2. The van der Waals surface area contributed by atoms with Crippen molar-refractivity contribution in [3.63, 3.8) is 0 Å². The van der Waals surface area contributed by atoms with Crippen molar-refractivity contribution in [1.82, 2.24) is 9.99 Å². The van der Waals surface area contributed by atoms with Gasteiger partial charge in [0.1, 0.15) is 11.1 Å². The molecule has 7 heteroatoms. The highest BCUT2D eigenvalue weighted by molar-refractivity contribution is 7.80. The number of nitrogens with zero attached hydrogens (tertiary/aromatic N) is 3. The van der Waals surface area contributed by atoms with Crippen LogP contribution in [0.2, 0.25) is 0 Å². The Bertz CT molecular complexity index is 867. The van der Waals surface area contributed by atoms with Gasteiger partial charge in [-0.25, -0.2) is 0 Å². The van der Waals surface area contributed by atoms with Gasteiger partial charge in [-0.3, -0.25) is 5.43 Å². The van der Waals surface area contributed by atoms with E-state index < -0.39 is 0 Å². The van der Waals surface area contributed by atoms with E-state index in [4.69, 9.17) is 18.0 Å². The van der Waals surface area contributed by atoms with Crippen LogP contribution in [-0.2, 0) is 12.8 Å². The Hall–Kier alpha value is -2.17. The zero-order valence-corrected chi connectivity index (χ0v) is 15.4. The number of hydrogen-bond acceptors (Lipinski definition) is 4. The number of thiocarbonyl (C=S) groups is 1. The molecule has 0 radical (unpaired) electrons. The first-order valence-electron chi connectivity index (χ1n) is 7.85. The van der Waals surface area contributed by atoms with E-state index in [1.54, 1.807) is 17.6 Å².